The molecule has 0 saturated carbocycles. The van der Waals surface area contributed by atoms with Crippen molar-refractivity contribution >= 4 is 40.6 Å². The van der Waals surface area contributed by atoms with Gasteiger partial charge < -0.3 is 9.47 Å². The van der Waals surface area contributed by atoms with Crippen LogP contribution in [-0.4, -0.2) is 29.7 Å². The van der Waals surface area contributed by atoms with Gasteiger partial charge in [-0.1, -0.05) is 23.7 Å². The molecule has 5 nitrogen and oxygen atoms in total. The van der Waals surface area contributed by atoms with Crippen molar-refractivity contribution in [2.75, 3.05) is 13.7 Å². The fourth-order valence-corrected chi connectivity index (χ4v) is 3.65. The second kappa shape index (κ2) is 8.67. The molecule has 2 aromatic rings. The van der Waals surface area contributed by atoms with Crippen molar-refractivity contribution in [3.63, 3.8) is 0 Å². The number of rotatable bonds is 6. The third-order valence-corrected chi connectivity index (χ3v) is 5.13. The Kier molecular flexibility index (Phi) is 6.26. The highest BCUT2D eigenvalue weighted by molar-refractivity contribution is 8.18. The van der Waals surface area contributed by atoms with Crippen LogP contribution in [0.5, 0.6) is 11.5 Å². The molecule has 0 bridgehead atoms. The van der Waals surface area contributed by atoms with Crippen molar-refractivity contribution in [3.8, 4) is 11.5 Å². The molecule has 0 N–H and O–H groups in total. The van der Waals surface area contributed by atoms with Crippen molar-refractivity contribution in [1.29, 1.82) is 0 Å². The number of thioether (sulfide) groups is 1. The van der Waals surface area contributed by atoms with E-state index in [0.29, 0.717) is 34.1 Å². The quantitative estimate of drug-likeness (QED) is 0.606. The second-order valence-electron chi connectivity index (χ2n) is 5.92. The average Bonchev–Trinajstić information content (AvgIpc) is 2.88. The summed E-state index contributed by atoms with van der Waals surface area (Å²) >= 11 is 7.23. The summed E-state index contributed by atoms with van der Waals surface area (Å²) in [5.74, 6) is 0.00913. The molecule has 0 spiro atoms. The monoisotopic (exact) mass is 421 g/mol. The van der Waals surface area contributed by atoms with E-state index in [1.165, 1.54) is 19.2 Å². The van der Waals surface area contributed by atoms with Crippen molar-refractivity contribution in [3.05, 3.63) is 63.3 Å². The van der Waals surface area contributed by atoms with E-state index in [9.17, 15) is 14.0 Å². The molecule has 2 aromatic carbocycles. The van der Waals surface area contributed by atoms with Gasteiger partial charge in [-0.05, 0) is 60.2 Å². The Labute approximate surface area is 171 Å². The molecule has 28 heavy (non-hydrogen) atoms. The van der Waals surface area contributed by atoms with Crippen molar-refractivity contribution in [2.24, 2.45) is 0 Å². The minimum atomic E-state index is -0.365. The first kappa shape index (κ1) is 20.2. The Hall–Kier alpha value is -2.51. The largest absolute Gasteiger partial charge is 0.490 e. The summed E-state index contributed by atoms with van der Waals surface area (Å²) < 4.78 is 24.7. The van der Waals surface area contributed by atoms with E-state index >= 15 is 0 Å². The third kappa shape index (κ3) is 4.48. The van der Waals surface area contributed by atoms with Gasteiger partial charge in [0.15, 0.2) is 11.5 Å². The minimum Gasteiger partial charge on any atom is -0.490 e. The number of carbonyl (C=O) groups is 2. The van der Waals surface area contributed by atoms with E-state index in [2.05, 4.69) is 0 Å². The van der Waals surface area contributed by atoms with Crippen LogP contribution in [0.4, 0.5) is 9.18 Å². The highest BCUT2D eigenvalue weighted by Crippen LogP contribution is 2.39. The van der Waals surface area contributed by atoms with E-state index in [0.717, 1.165) is 16.7 Å². The minimum absolute atomic E-state index is 0.117. The van der Waals surface area contributed by atoms with Crippen LogP contribution in [0.3, 0.4) is 0 Å². The number of likely N-dealkylation sites (N-methyl/N-ethyl adjacent to an activating group) is 1. The Morgan fingerprint density at radius 3 is 2.64 bits per heavy atom. The molecule has 0 radical (unpaired) electrons. The van der Waals surface area contributed by atoms with Crippen LogP contribution in [0, 0.1) is 5.82 Å². The summed E-state index contributed by atoms with van der Waals surface area (Å²) in [6, 6.07) is 9.38. The number of halogens is 2. The zero-order valence-corrected chi connectivity index (χ0v) is 16.8. The molecule has 0 unspecified atom stereocenters. The van der Waals surface area contributed by atoms with Crippen molar-refractivity contribution in [2.45, 2.75) is 13.5 Å². The molecule has 1 aliphatic rings. The van der Waals surface area contributed by atoms with E-state index < -0.39 is 0 Å². The van der Waals surface area contributed by atoms with Gasteiger partial charge in [-0.25, -0.2) is 4.39 Å². The van der Waals surface area contributed by atoms with Gasteiger partial charge in [-0.2, -0.15) is 0 Å². The average molecular weight is 422 g/mol. The fraction of sp³-hybridized carbons (Fsp3) is 0.200. The molecule has 1 heterocycles. The number of amides is 2. The number of hydrogen-bond acceptors (Lipinski definition) is 5. The molecule has 1 fully saturated rings. The van der Waals surface area contributed by atoms with Crippen LogP contribution < -0.4 is 9.47 Å². The molecule has 8 heteroatoms. The molecule has 3 rings (SSSR count). The molecule has 2 amide bonds. The van der Waals surface area contributed by atoms with Gasteiger partial charge in [0.05, 0.1) is 16.5 Å². The van der Waals surface area contributed by atoms with E-state index in [1.807, 2.05) is 6.92 Å². The molecule has 0 aliphatic carbocycles. The predicted molar refractivity (Wildman–Crippen MR) is 107 cm³/mol. The summed E-state index contributed by atoms with van der Waals surface area (Å²) in [6.45, 7) is 2.31. The first-order valence-electron chi connectivity index (χ1n) is 8.44. The van der Waals surface area contributed by atoms with Crippen LogP contribution >= 0.6 is 23.4 Å². The molecular weight excluding hydrogens is 405 g/mol. The highest BCUT2D eigenvalue weighted by Gasteiger charge is 2.31. The smallest absolute Gasteiger partial charge is 0.293 e. The van der Waals surface area contributed by atoms with Gasteiger partial charge in [0.2, 0.25) is 0 Å². The van der Waals surface area contributed by atoms with Gasteiger partial charge in [0.1, 0.15) is 12.4 Å². The molecule has 0 atom stereocenters. The lowest BCUT2D eigenvalue weighted by Crippen LogP contribution is -2.22. The van der Waals surface area contributed by atoms with Crippen LogP contribution in [0.2, 0.25) is 5.02 Å². The number of ether oxygens (including phenoxy) is 2. The molecule has 146 valence electrons. The van der Waals surface area contributed by atoms with Crippen molar-refractivity contribution in [1.82, 2.24) is 4.90 Å². The highest BCUT2D eigenvalue weighted by atomic mass is 35.5. The Morgan fingerprint density at radius 1 is 1.21 bits per heavy atom. The maximum absolute atomic E-state index is 13.3. The molecule has 1 saturated heterocycles. The Balaban J connectivity index is 1.88. The van der Waals surface area contributed by atoms with E-state index in [1.54, 1.807) is 30.3 Å². The summed E-state index contributed by atoms with van der Waals surface area (Å²) in [5, 5.41) is -0.0493. The predicted octanol–water partition coefficient (Wildman–Crippen LogP) is 5.12. The van der Waals surface area contributed by atoms with Gasteiger partial charge in [-0.15, -0.1) is 0 Å². The lowest BCUT2D eigenvalue weighted by molar-refractivity contribution is -0.121. The zero-order valence-electron chi connectivity index (χ0n) is 15.2. The summed E-state index contributed by atoms with van der Waals surface area (Å²) in [4.78, 5) is 25.1. The number of benzene rings is 2. The van der Waals surface area contributed by atoms with Crippen LogP contribution in [-0.2, 0) is 11.4 Å². The zero-order chi connectivity index (χ0) is 20.3. The maximum atomic E-state index is 13.3. The molecule has 0 aromatic heterocycles. The van der Waals surface area contributed by atoms with E-state index in [-0.39, 0.29) is 28.6 Å². The standard InChI is InChI=1S/C20H17ClFNO4S/c1-3-26-16-9-13(10-17-19(24)23(2)20(25)28-17)8-15(21)18(16)27-11-12-5-4-6-14(22)7-12/h4-10H,3,11H2,1-2H3/b17-10-. The number of nitrogens with zero attached hydrogens (tertiary/aromatic N) is 1. The lowest BCUT2D eigenvalue weighted by Gasteiger charge is -2.15. The van der Waals surface area contributed by atoms with Gasteiger partial charge in [0, 0.05) is 7.05 Å². The lowest BCUT2D eigenvalue weighted by atomic mass is 10.1. The van der Waals surface area contributed by atoms with Crippen LogP contribution in [0.25, 0.3) is 6.08 Å². The van der Waals surface area contributed by atoms with Crippen molar-refractivity contribution < 1.29 is 23.5 Å². The van der Waals surface area contributed by atoms with Gasteiger partial charge in [0.25, 0.3) is 11.1 Å². The number of hydrogen-bond donors (Lipinski definition) is 0. The number of imide groups is 1. The molecular formula is C20H17ClFNO4S. The Morgan fingerprint density at radius 2 is 2.00 bits per heavy atom. The summed E-state index contributed by atoms with van der Waals surface area (Å²) in [6.07, 6.45) is 1.58. The second-order valence-corrected chi connectivity index (χ2v) is 7.32. The van der Waals surface area contributed by atoms with Gasteiger partial charge >= 0.3 is 0 Å². The topological polar surface area (TPSA) is 55.8 Å². The fourth-order valence-electron chi connectivity index (χ4n) is 2.55. The molecule has 1 aliphatic heterocycles. The number of carbonyl (C=O) groups excluding carboxylic acids is 2. The normalized spacial score (nSPS) is 15.4. The third-order valence-electron chi connectivity index (χ3n) is 3.89. The Bertz CT molecular complexity index is 963. The van der Waals surface area contributed by atoms with Gasteiger partial charge in [-0.3, -0.25) is 14.5 Å². The SMILES string of the molecule is CCOc1cc(/C=C2\SC(=O)N(C)C2=O)cc(Cl)c1OCc1cccc(F)c1. The summed E-state index contributed by atoms with van der Waals surface area (Å²) in [5.41, 5.74) is 1.25. The maximum Gasteiger partial charge on any atom is 0.293 e. The summed E-state index contributed by atoms with van der Waals surface area (Å²) in [7, 11) is 1.43. The van der Waals surface area contributed by atoms with Crippen LogP contribution in [0.1, 0.15) is 18.1 Å². The van der Waals surface area contributed by atoms with Crippen LogP contribution in [0.15, 0.2) is 41.3 Å². The first-order chi connectivity index (χ1) is 13.4. The first-order valence-corrected chi connectivity index (χ1v) is 9.63. The van der Waals surface area contributed by atoms with E-state index in [4.69, 9.17) is 21.1 Å².